The van der Waals surface area contributed by atoms with Crippen LogP contribution in [0.15, 0.2) is 122 Å². The first-order chi connectivity index (χ1) is 48.3. The minimum atomic E-state index is -1.99. The van der Waals surface area contributed by atoms with Crippen LogP contribution >= 0.6 is 0 Å². The van der Waals surface area contributed by atoms with Gasteiger partial charge in [0.15, 0.2) is 18.9 Å². The molecule has 3 fully saturated rings. The normalized spacial score (nSPS) is 27.3. The average molecular weight is 1400 g/mol. The molecule has 0 aromatic rings. The summed E-state index contributed by atoms with van der Waals surface area (Å²) in [6.45, 7) is 1.54. The highest BCUT2D eigenvalue weighted by atomic mass is 16.8. The number of hydrogen-bond acceptors (Lipinski definition) is 18. The highest BCUT2D eigenvalue weighted by Crippen LogP contribution is 2.33. The first-order valence-corrected chi connectivity index (χ1v) is 38.3. The first kappa shape index (κ1) is 89.4. The van der Waals surface area contributed by atoms with Crippen LogP contribution < -0.4 is 5.32 Å². The van der Waals surface area contributed by atoms with E-state index in [9.17, 15) is 61.0 Å². The van der Waals surface area contributed by atoms with Gasteiger partial charge in [0.25, 0.3) is 0 Å². The fourth-order valence-corrected chi connectivity index (χ4v) is 12.1. The summed E-state index contributed by atoms with van der Waals surface area (Å²) < 4.78 is 34.3. The van der Waals surface area contributed by atoms with E-state index in [-0.39, 0.29) is 18.9 Å². The van der Waals surface area contributed by atoms with Crippen molar-refractivity contribution in [1.82, 2.24) is 5.32 Å². The standard InChI is InChI=1S/C80H135NO18/c1-3-5-7-9-11-13-15-17-18-19-20-21-22-23-24-25-26-27-28-29-30-31-32-33-34-35-36-37-38-39-40-41-42-43-44-46-48-50-52-54-56-58-68(86)81-63(64(85)57-55-53-51-49-47-45-16-14-12-10-8-6-4-2)62-94-78-74(92)71(89)76(66(60-83)96-78)99-80-75(93)72(90)77(67(61-84)97-80)98-79-73(91)70(88)69(87)65(59-82)95-79/h5,7,11-14,17-18,20-21,23-24,26-27,29-30,47,49,55,57,63-67,69-80,82-85,87-93H,3-4,6,8-10,15-16,19,22,25,28,31-46,48,50-54,56,58-62H2,1-2H3,(H,81,86)/b7-5-,13-11-,14-12+,18-17-,21-20-,24-23-,27-26-,30-29-,49-47+,57-55+. The third-order valence-electron chi connectivity index (χ3n) is 18.2. The number of allylic oxidation sites excluding steroid dienone is 19. The second-order valence-corrected chi connectivity index (χ2v) is 26.7. The van der Waals surface area contributed by atoms with Crippen LogP contribution in [0.4, 0.5) is 0 Å². The molecule has 568 valence electrons. The van der Waals surface area contributed by atoms with Crippen LogP contribution in [0.5, 0.6) is 0 Å². The van der Waals surface area contributed by atoms with Gasteiger partial charge in [0, 0.05) is 6.42 Å². The monoisotopic (exact) mass is 1400 g/mol. The smallest absolute Gasteiger partial charge is 0.220 e. The number of nitrogens with one attached hydrogen (secondary N) is 1. The maximum Gasteiger partial charge on any atom is 0.220 e. The molecule has 0 saturated carbocycles. The Kier molecular flexibility index (Phi) is 53.8. The van der Waals surface area contributed by atoms with E-state index in [4.69, 9.17) is 28.4 Å². The van der Waals surface area contributed by atoms with E-state index in [2.05, 4.69) is 129 Å². The van der Waals surface area contributed by atoms with Crippen molar-refractivity contribution in [1.29, 1.82) is 0 Å². The van der Waals surface area contributed by atoms with Gasteiger partial charge in [-0.2, -0.15) is 0 Å². The first-order valence-electron chi connectivity index (χ1n) is 38.3. The molecule has 1 amide bonds. The maximum atomic E-state index is 13.4. The summed E-state index contributed by atoms with van der Waals surface area (Å²) in [6.07, 6.45) is 56.4. The van der Waals surface area contributed by atoms with Crippen LogP contribution in [0.1, 0.15) is 245 Å². The zero-order valence-corrected chi connectivity index (χ0v) is 60.4. The van der Waals surface area contributed by atoms with Crippen molar-refractivity contribution >= 4 is 5.91 Å². The molecule has 3 rings (SSSR count). The van der Waals surface area contributed by atoms with E-state index < -0.39 is 124 Å². The molecular weight excluding hydrogens is 1260 g/mol. The van der Waals surface area contributed by atoms with Gasteiger partial charge in [-0.25, -0.2) is 0 Å². The molecule has 0 spiro atoms. The topological polar surface area (TPSA) is 307 Å². The number of rotatable bonds is 58. The van der Waals surface area contributed by atoms with Gasteiger partial charge >= 0.3 is 0 Å². The summed E-state index contributed by atoms with van der Waals surface area (Å²) >= 11 is 0. The molecule has 19 heteroatoms. The third kappa shape index (κ3) is 40.2. The molecule has 3 heterocycles. The highest BCUT2D eigenvalue weighted by Gasteiger charge is 2.53. The highest BCUT2D eigenvalue weighted by molar-refractivity contribution is 5.76. The minimum absolute atomic E-state index is 0.228. The Labute approximate surface area is 595 Å². The van der Waals surface area contributed by atoms with Gasteiger partial charge in [-0.15, -0.1) is 0 Å². The molecule has 0 radical (unpaired) electrons. The van der Waals surface area contributed by atoms with Crippen LogP contribution in [-0.4, -0.2) is 193 Å². The number of amides is 1. The van der Waals surface area contributed by atoms with Crippen LogP contribution in [0, 0.1) is 0 Å². The van der Waals surface area contributed by atoms with Crippen molar-refractivity contribution in [2.75, 3.05) is 26.4 Å². The fourth-order valence-electron chi connectivity index (χ4n) is 12.1. The van der Waals surface area contributed by atoms with Crippen molar-refractivity contribution in [3.63, 3.8) is 0 Å². The van der Waals surface area contributed by atoms with Crippen molar-refractivity contribution in [3.05, 3.63) is 122 Å². The van der Waals surface area contributed by atoms with Gasteiger partial charge in [-0.05, 0) is 103 Å². The molecule has 0 aliphatic carbocycles. The van der Waals surface area contributed by atoms with Gasteiger partial charge in [-0.1, -0.05) is 257 Å². The second kappa shape index (κ2) is 59.6. The molecule has 12 N–H and O–H groups in total. The molecular formula is C80H135NO18. The maximum absolute atomic E-state index is 13.4. The predicted octanol–water partition coefficient (Wildman–Crippen LogP) is 11.9. The summed E-state index contributed by atoms with van der Waals surface area (Å²) in [5, 5.41) is 120. The van der Waals surface area contributed by atoms with E-state index in [1.54, 1.807) is 6.08 Å². The Bertz CT molecular complexity index is 2260. The van der Waals surface area contributed by atoms with Crippen molar-refractivity contribution in [3.8, 4) is 0 Å². The molecule has 0 aromatic heterocycles. The number of hydrogen-bond donors (Lipinski definition) is 12. The van der Waals surface area contributed by atoms with Crippen molar-refractivity contribution < 1.29 is 89.4 Å². The summed E-state index contributed by atoms with van der Waals surface area (Å²) in [5.74, 6) is -0.292. The number of ether oxygens (including phenoxy) is 6. The van der Waals surface area contributed by atoms with Gasteiger partial charge < -0.3 is 89.9 Å². The number of aliphatic hydroxyl groups excluding tert-OH is 11. The van der Waals surface area contributed by atoms with Crippen LogP contribution in [0.3, 0.4) is 0 Å². The summed E-state index contributed by atoms with van der Waals surface area (Å²) in [5.41, 5.74) is 0. The van der Waals surface area contributed by atoms with E-state index in [1.165, 1.54) is 122 Å². The van der Waals surface area contributed by atoms with Crippen molar-refractivity contribution in [2.45, 2.75) is 349 Å². The molecule has 3 saturated heterocycles. The van der Waals surface area contributed by atoms with Gasteiger partial charge in [-0.3, -0.25) is 4.79 Å². The lowest BCUT2D eigenvalue weighted by atomic mass is 9.96. The van der Waals surface area contributed by atoms with Crippen LogP contribution in [-0.2, 0) is 33.2 Å². The molecule has 3 aliphatic heterocycles. The molecule has 17 unspecified atom stereocenters. The van der Waals surface area contributed by atoms with Crippen molar-refractivity contribution in [2.24, 2.45) is 0 Å². The lowest BCUT2D eigenvalue weighted by Crippen LogP contribution is -2.66. The largest absolute Gasteiger partial charge is 0.394 e. The quantitative estimate of drug-likeness (QED) is 0.0199. The Morgan fingerprint density at radius 1 is 0.374 bits per heavy atom. The Balaban J connectivity index is 1.29. The SMILES string of the molecule is CC/C=C\C/C=C\C/C=C\C/C=C\C/C=C\C/C=C\C/C=C\CCCCCCCCCCCCCCCCCCCCCC(=O)NC(COC1OC(CO)C(OC2OC(CO)C(OC3OC(CO)C(O)C(O)C3O)C(O)C2O)C(O)C1O)C(O)/C=C/CC/C=C/CC/C=C/CCCCC. The minimum Gasteiger partial charge on any atom is -0.394 e. The number of carbonyl (C=O) groups is 1. The molecule has 3 aliphatic rings. The summed E-state index contributed by atoms with van der Waals surface area (Å²) in [6, 6.07) is -1.00. The lowest BCUT2D eigenvalue weighted by Gasteiger charge is -2.48. The lowest BCUT2D eigenvalue weighted by molar-refractivity contribution is -0.379. The van der Waals surface area contributed by atoms with E-state index in [1.807, 2.05) is 6.08 Å². The Morgan fingerprint density at radius 3 is 1.13 bits per heavy atom. The number of unbranched alkanes of at least 4 members (excludes halogenated alkanes) is 24. The van der Waals surface area contributed by atoms with E-state index in [0.29, 0.717) is 12.8 Å². The second-order valence-electron chi connectivity index (χ2n) is 26.7. The molecule has 17 atom stereocenters. The Hall–Kier alpha value is -3.81. The van der Waals surface area contributed by atoms with Gasteiger partial charge in [0.05, 0.1) is 38.6 Å². The fraction of sp³-hybridized carbons (Fsp3) is 0.738. The molecule has 0 bridgehead atoms. The summed E-state index contributed by atoms with van der Waals surface area (Å²) in [4.78, 5) is 13.4. The molecule has 0 aromatic carbocycles. The predicted molar refractivity (Wildman–Crippen MR) is 392 cm³/mol. The van der Waals surface area contributed by atoms with E-state index >= 15 is 0 Å². The number of carbonyl (C=O) groups excluding carboxylic acids is 1. The number of aliphatic hydroxyl groups is 11. The van der Waals surface area contributed by atoms with Crippen LogP contribution in [0.2, 0.25) is 0 Å². The zero-order chi connectivity index (χ0) is 71.8. The van der Waals surface area contributed by atoms with Gasteiger partial charge in [0.1, 0.15) is 73.2 Å². The van der Waals surface area contributed by atoms with Crippen LogP contribution in [0.25, 0.3) is 0 Å². The summed E-state index contributed by atoms with van der Waals surface area (Å²) in [7, 11) is 0. The van der Waals surface area contributed by atoms with Gasteiger partial charge in [0.2, 0.25) is 5.91 Å². The van der Waals surface area contributed by atoms with E-state index in [0.717, 1.165) is 89.9 Å². The third-order valence-corrected chi connectivity index (χ3v) is 18.2. The molecule has 19 nitrogen and oxygen atoms in total. The Morgan fingerprint density at radius 2 is 0.707 bits per heavy atom. The molecule has 99 heavy (non-hydrogen) atoms. The average Bonchev–Trinajstić information content (AvgIpc) is 0.785. The zero-order valence-electron chi connectivity index (χ0n) is 60.4.